The van der Waals surface area contributed by atoms with Crippen LogP contribution in [0.4, 0.5) is 0 Å². The van der Waals surface area contributed by atoms with E-state index in [1.54, 1.807) is 0 Å². The first-order chi connectivity index (χ1) is 5.16. The van der Waals surface area contributed by atoms with Crippen LogP contribution in [-0.4, -0.2) is 11.2 Å². The lowest BCUT2D eigenvalue weighted by atomic mass is 10.1. The van der Waals surface area contributed by atoms with Crippen molar-refractivity contribution in [2.45, 2.75) is 39.7 Å². The summed E-state index contributed by atoms with van der Waals surface area (Å²) in [5.74, 6) is 0. The molecule has 0 saturated heterocycles. The van der Waals surface area contributed by atoms with E-state index in [1.807, 2.05) is 19.1 Å². The number of aliphatic hydroxyl groups is 1. The third-order valence-electron chi connectivity index (χ3n) is 1.43. The maximum Gasteiger partial charge on any atom is 0.0723 e. The van der Waals surface area contributed by atoms with E-state index in [9.17, 15) is 5.11 Å². The van der Waals surface area contributed by atoms with Gasteiger partial charge in [-0.3, -0.25) is 0 Å². The lowest BCUT2D eigenvalue weighted by Gasteiger charge is -2.01. The number of aliphatic hydroxyl groups excluding tert-OH is 1. The lowest BCUT2D eigenvalue weighted by molar-refractivity contribution is 0.214. The molecule has 0 rings (SSSR count). The molecule has 0 aromatic carbocycles. The number of allylic oxidation sites excluding steroid dienone is 3. The van der Waals surface area contributed by atoms with Gasteiger partial charge in [-0.1, -0.05) is 23.8 Å². The molecule has 0 aromatic rings. The molecular formula is C10H18O. The van der Waals surface area contributed by atoms with Gasteiger partial charge in [0, 0.05) is 0 Å². The van der Waals surface area contributed by atoms with Crippen LogP contribution in [-0.2, 0) is 0 Å². The molecular weight excluding hydrogens is 136 g/mol. The van der Waals surface area contributed by atoms with Gasteiger partial charge in [0.05, 0.1) is 6.10 Å². The molecule has 0 spiro atoms. The Morgan fingerprint density at radius 2 is 2.09 bits per heavy atom. The van der Waals surface area contributed by atoms with Gasteiger partial charge in [0.1, 0.15) is 0 Å². The summed E-state index contributed by atoms with van der Waals surface area (Å²) in [7, 11) is 0. The van der Waals surface area contributed by atoms with Crippen molar-refractivity contribution in [1.29, 1.82) is 0 Å². The first kappa shape index (κ1) is 10.4. The minimum absolute atomic E-state index is 0.268. The van der Waals surface area contributed by atoms with Gasteiger partial charge in [0.2, 0.25) is 0 Å². The van der Waals surface area contributed by atoms with Crippen molar-refractivity contribution in [3.05, 3.63) is 23.8 Å². The molecule has 0 aliphatic heterocycles. The van der Waals surface area contributed by atoms with Crippen molar-refractivity contribution in [3.8, 4) is 0 Å². The monoisotopic (exact) mass is 154 g/mol. The average molecular weight is 154 g/mol. The molecule has 1 unspecified atom stereocenters. The molecule has 11 heavy (non-hydrogen) atoms. The minimum Gasteiger partial charge on any atom is -0.389 e. The van der Waals surface area contributed by atoms with E-state index in [0.717, 1.165) is 12.8 Å². The Hall–Kier alpha value is -0.560. The van der Waals surface area contributed by atoms with Crippen LogP contribution in [0.2, 0.25) is 0 Å². The van der Waals surface area contributed by atoms with E-state index < -0.39 is 0 Å². The third-order valence-corrected chi connectivity index (χ3v) is 1.43. The molecule has 0 saturated carbocycles. The lowest BCUT2D eigenvalue weighted by Crippen LogP contribution is -2.00. The first-order valence-electron chi connectivity index (χ1n) is 4.11. The van der Waals surface area contributed by atoms with E-state index in [0.29, 0.717) is 0 Å². The van der Waals surface area contributed by atoms with Crippen molar-refractivity contribution in [2.75, 3.05) is 0 Å². The van der Waals surface area contributed by atoms with Crippen LogP contribution >= 0.6 is 0 Å². The van der Waals surface area contributed by atoms with Gasteiger partial charge in [-0.05, 0) is 33.6 Å². The van der Waals surface area contributed by atoms with E-state index >= 15 is 0 Å². The summed E-state index contributed by atoms with van der Waals surface area (Å²) in [5, 5.41) is 9.25. The summed E-state index contributed by atoms with van der Waals surface area (Å²) in [6.45, 7) is 6.06. The Morgan fingerprint density at radius 3 is 2.55 bits per heavy atom. The molecule has 0 aliphatic carbocycles. The fourth-order valence-corrected chi connectivity index (χ4v) is 0.861. The standard InChI is InChI=1S/C10H18O/c1-4-6-10(11)8-5-7-9(2)3/h4,6-7,10-11H,5,8H2,1-3H3. The van der Waals surface area contributed by atoms with E-state index in [1.165, 1.54) is 5.57 Å². The molecule has 0 aliphatic rings. The maximum absolute atomic E-state index is 9.25. The molecule has 0 fully saturated rings. The molecule has 1 nitrogen and oxygen atoms in total. The van der Waals surface area contributed by atoms with Crippen molar-refractivity contribution in [3.63, 3.8) is 0 Å². The zero-order valence-electron chi connectivity index (χ0n) is 7.67. The Balaban J connectivity index is 3.46. The van der Waals surface area contributed by atoms with Crippen LogP contribution in [0.25, 0.3) is 0 Å². The zero-order chi connectivity index (χ0) is 8.69. The highest BCUT2D eigenvalue weighted by Crippen LogP contribution is 2.02. The molecule has 1 heteroatoms. The summed E-state index contributed by atoms with van der Waals surface area (Å²) < 4.78 is 0. The normalized spacial score (nSPS) is 13.5. The Bertz CT molecular complexity index is 141. The minimum atomic E-state index is -0.268. The predicted octanol–water partition coefficient (Wildman–Crippen LogP) is 2.67. The largest absolute Gasteiger partial charge is 0.389 e. The Kier molecular flexibility index (Phi) is 5.86. The van der Waals surface area contributed by atoms with Crippen LogP contribution in [0, 0.1) is 0 Å². The molecule has 0 heterocycles. The van der Waals surface area contributed by atoms with Gasteiger partial charge in [-0.2, -0.15) is 0 Å². The molecule has 0 bridgehead atoms. The average Bonchev–Trinajstić information content (AvgIpc) is 1.87. The maximum atomic E-state index is 9.25. The molecule has 0 radical (unpaired) electrons. The fourth-order valence-electron chi connectivity index (χ4n) is 0.861. The topological polar surface area (TPSA) is 20.2 Å². The first-order valence-corrected chi connectivity index (χ1v) is 4.11. The smallest absolute Gasteiger partial charge is 0.0723 e. The second kappa shape index (κ2) is 6.17. The van der Waals surface area contributed by atoms with Gasteiger partial charge in [0.15, 0.2) is 0 Å². The highest BCUT2D eigenvalue weighted by atomic mass is 16.3. The summed E-state index contributed by atoms with van der Waals surface area (Å²) >= 11 is 0. The van der Waals surface area contributed by atoms with Crippen LogP contribution in [0.15, 0.2) is 23.8 Å². The van der Waals surface area contributed by atoms with Crippen molar-refractivity contribution in [1.82, 2.24) is 0 Å². The summed E-state index contributed by atoms with van der Waals surface area (Å²) in [5.41, 5.74) is 1.32. The summed E-state index contributed by atoms with van der Waals surface area (Å²) in [4.78, 5) is 0. The molecule has 1 N–H and O–H groups in total. The van der Waals surface area contributed by atoms with Crippen molar-refractivity contribution in [2.24, 2.45) is 0 Å². The second-order valence-corrected chi connectivity index (χ2v) is 2.95. The van der Waals surface area contributed by atoms with Gasteiger partial charge in [-0.25, -0.2) is 0 Å². The van der Waals surface area contributed by atoms with E-state index in [4.69, 9.17) is 0 Å². The van der Waals surface area contributed by atoms with E-state index in [2.05, 4.69) is 19.9 Å². The van der Waals surface area contributed by atoms with Gasteiger partial charge < -0.3 is 5.11 Å². The van der Waals surface area contributed by atoms with Crippen LogP contribution in [0.5, 0.6) is 0 Å². The van der Waals surface area contributed by atoms with Crippen molar-refractivity contribution < 1.29 is 5.11 Å². The van der Waals surface area contributed by atoms with Crippen LogP contribution in [0.3, 0.4) is 0 Å². The second-order valence-electron chi connectivity index (χ2n) is 2.95. The number of hydrogen-bond acceptors (Lipinski definition) is 1. The predicted molar refractivity (Wildman–Crippen MR) is 49.5 cm³/mol. The van der Waals surface area contributed by atoms with Crippen LogP contribution < -0.4 is 0 Å². The molecule has 1 atom stereocenters. The molecule has 0 amide bonds. The van der Waals surface area contributed by atoms with Gasteiger partial charge >= 0.3 is 0 Å². The number of hydrogen-bond donors (Lipinski definition) is 1. The third kappa shape index (κ3) is 7.34. The van der Waals surface area contributed by atoms with Crippen molar-refractivity contribution >= 4 is 0 Å². The summed E-state index contributed by atoms with van der Waals surface area (Å²) in [6.07, 6.45) is 7.37. The SMILES string of the molecule is CC=CC(O)CCC=C(C)C. The highest BCUT2D eigenvalue weighted by molar-refractivity contribution is 4.94. The Morgan fingerprint density at radius 1 is 1.45 bits per heavy atom. The highest BCUT2D eigenvalue weighted by Gasteiger charge is 1.94. The molecule has 64 valence electrons. The quantitative estimate of drug-likeness (QED) is 0.617. The Labute approximate surface area is 69.4 Å². The van der Waals surface area contributed by atoms with E-state index in [-0.39, 0.29) is 6.10 Å². The zero-order valence-corrected chi connectivity index (χ0v) is 7.67. The van der Waals surface area contributed by atoms with Crippen LogP contribution in [0.1, 0.15) is 33.6 Å². The molecule has 0 aromatic heterocycles. The van der Waals surface area contributed by atoms with Gasteiger partial charge in [-0.15, -0.1) is 0 Å². The van der Waals surface area contributed by atoms with Gasteiger partial charge in [0.25, 0.3) is 0 Å². The number of rotatable bonds is 4. The summed E-state index contributed by atoms with van der Waals surface area (Å²) in [6, 6.07) is 0. The fraction of sp³-hybridized carbons (Fsp3) is 0.600.